The quantitative estimate of drug-likeness (QED) is 0.373. The molecule has 0 saturated heterocycles. The van der Waals surface area contributed by atoms with Crippen LogP contribution in [0.5, 0.6) is 0 Å². The van der Waals surface area contributed by atoms with Crippen molar-refractivity contribution in [1.29, 1.82) is 0 Å². The third-order valence-corrected chi connectivity index (χ3v) is 4.74. The Morgan fingerprint density at radius 2 is 1.55 bits per heavy atom. The fourth-order valence-corrected chi connectivity index (χ4v) is 2.94. The van der Waals surface area contributed by atoms with Gasteiger partial charge in [-0.05, 0) is 60.1 Å². The van der Waals surface area contributed by atoms with Crippen molar-refractivity contribution in [3.05, 3.63) is 85.5 Å². The topological polar surface area (TPSA) is 143 Å². The van der Waals surface area contributed by atoms with Crippen LogP contribution in [-0.2, 0) is 14.1 Å². The fourth-order valence-electron chi connectivity index (χ4n) is 2.53. The highest BCUT2D eigenvalue weighted by molar-refractivity contribution is 9.10. The van der Waals surface area contributed by atoms with Crippen molar-refractivity contribution in [3.63, 3.8) is 0 Å². The van der Waals surface area contributed by atoms with E-state index >= 15 is 0 Å². The highest BCUT2D eigenvalue weighted by Gasteiger charge is 2.07. The van der Waals surface area contributed by atoms with E-state index in [-0.39, 0.29) is 22.5 Å². The van der Waals surface area contributed by atoms with Gasteiger partial charge >= 0.3 is 0 Å². The second-order valence-corrected chi connectivity index (χ2v) is 7.41. The number of nitrogens with one attached hydrogen (secondary N) is 1. The van der Waals surface area contributed by atoms with Gasteiger partial charge < -0.3 is 16.5 Å². The number of nitrogens with two attached hydrogens (primary N) is 2. The molecule has 164 valence electrons. The van der Waals surface area contributed by atoms with Crippen LogP contribution in [0.15, 0.2) is 63.0 Å². The predicted molar refractivity (Wildman–Crippen MR) is 125 cm³/mol. The van der Waals surface area contributed by atoms with Crippen molar-refractivity contribution >= 4 is 27.3 Å². The van der Waals surface area contributed by atoms with Gasteiger partial charge in [-0.2, -0.15) is 10.2 Å². The first-order chi connectivity index (χ1) is 14.6. The van der Waals surface area contributed by atoms with Crippen LogP contribution < -0.4 is 22.6 Å². The molecule has 0 saturated carbocycles. The van der Waals surface area contributed by atoms with Gasteiger partial charge in [0.15, 0.2) is 0 Å². The van der Waals surface area contributed by atoms with Crippen LogP contribution in [-0.4, -0.2) is 29.1 Å². The molecular weight excluding hydrogens is 464 g/mol. The third kappa shape index (κ3) is 6.44. The SMILES string of the molecule is Cc1cc(-n2cccc(N)c2=O)n(C)n1.Cc1cc(Br)n(C)n1.Nc1ccc[nH]c1=O. The molecule has 11 heteroatoms. The largest absolute Gasteiger partial charge is 0.394 e. The Bertz CT molecular complexity index is 1250. The minimum Gasteiger partial charge on any atom is -0.394 e. The van der Waals surface area contributed by atoms with Crippen molar-refractivity contribution in [2.24, 2.45) is 14.1 Å². The molecule has 0 aromatic carbocycles. The van der Waals surface area contributed by atoms with Crippen molar-refractivity contribution in [1.82, 2.24) is 29.1 Å². The van der Waals surface area contributed by atoms with Gasteiger partial charge in [-0.3, -0.25) is 23.5 Å². The lowest BCUT2D eigenvalue weighted by Gasteiger charge is -2.05. The average molecular weight is 489 g/mol. The normalized spacial score (nSPS) is 9.97. The second kappa shape index (κ2) is 10.4. The van der Waals surface area contributed by atoms with E-state index in [1.807, 2.05) is 33.0 Å². The number of pyridine rings is 2. The van der Waals surface area contributed by atoms with Crippen LogP contribution in [0.3, 0.4) is 0 Å². The maximum absolute atomic E-state index is 11.7. The van der Waals surface area contributed by atoms with E-state index in [1.54, 1.807) is 53.1 Å². The number of aromatic amines is 1. The van der Waals surface area contributed by atoms with Gasteiger partial charge in [0.25, 0.3) is 11.1 Å². The van der Waals surface area contributed by atoms with Gasteiger partial charge in [-0.1, -0.05) is 0 Å². The molecule has 0 fully saturated rings. The van der Waals surface area contributed by atoms with E-state index in [0.29, 0.717) is 5.82 Å². The number of hydrogen-bond acceptors (Lipinski definition) is 6. The summed E-state index contributed by atoms with van der Waals surface area (Å²) in [5.74, 6) is 0.713. The molecule has 0 atom stereocenters. The van der Waals surface area contributed by atoms with Gasteiger partial charge in [0.1, 0.15) is 10.4 Å². The zero-order chi connectivity index (χ0) is 23.1. The van der Waals surface area contributed by atoms with E-state index in [4.69, 9.17) is 11.5 Å². The zero-order valence-electron chi connectivity index (χ0n) is 17.7. The summed E-state index contributed by atoms with van der Waals surface area (Å²) in [4.78, 5) is 24.6. The van der Waals surface area contributed by atoms with Crippen molar-refractivity contribution < 1.29 is 0 Å². The average Bonchev–Trinajstić information content (AvgIpc) is 3.20. The number of nitrogen functional groups attached to an aromatic ring is 2. The van der Waals surface area contributed by atoms with Crippen LogP contribution >= 0.6 is 15.9 Å². The summed E-state index contributed by atoms with van der Waals surface area (Å²) in [6.45, 7) is 3.84. The van der Waals surface area contributed by atoms with E-state index in [9.17, 15) is 9.59 Å². The molecule has 5 N–H and O–H groups in total. The van der Waals surface area contributed by atoms with Crippen LogP contribution in [0.25, 0.3) is 5.82 Å². The molecule has 0 aliphatic carbocycles. The molecule has 0 spiro atoms. The number of H-pyrrole nitrogens is 1. The molecule has 0 aliphatic rings. The van der Waals surface area contributed by atoms with Gasteiger partial charge in [0.2, 0.25) is 0 Å². The van der Waals surface area contributed by atoms with Crippen LogP contribution in [0.1, 0.15) is 11.4 Å². The summed E-state index contributed by atoms with van der Waals surface area (Å²) in [5, 5.41) is 8.25. The van der Waals surface area contributed by atoms with Gasteiger partial charge in [0.05, 0.1) is 22.8 Å². The number of aryl methyl sites for hydroxylation is 4. The maximum Gasteiger partial charge on any atom is 0.279 e. The summed E-state index contributed by atoms with van der Waals surface area (Å²) < 4.78 is 5.94. The standard InChI is InChI=1S/C10H12N4O.C5H7BrN2.C5H6N2O/c1-7-6-9(13(2)12-7)14-5-3-4-8(11)10(14)15;1-4-3-5(6)8(2)7-4;6-4-2-1-3-7-5(4)8/h3-6H,11H2,1-2H3;3H,1-2H3;1-3H,6H2,(H,7,8). The Hall–Kier alpha value is -3.60. The van der Waals surface area contributed by atoms with Crippen LogP contribution in [0.4, 0.5) is 11.4 Å². The predicted octanol–water partition coefficient (Wildman–Crippen LogP) is 1.91. The third-order valence-electron chi connectivity index (χ3n) is 3.99. The van der Waals surface area contributed by atoms with Crippen molar-refractivity contribution in [2.45, 2.75) is 13.8 Å². The highest BCUT2D eigenvalue weighted by atomic mass is 79.9. The lowest BCUT2D eigenvalue weighted by Crippen LogP contribution is -2.22. The first-order valence-corrected chi connectivity index (χ1v) is 9.97. The van der Waals surface area contributed by atoms with Crippen molar-refractivity contribution in [3.8, 4) is 5.82 Å². The smallest absolute Gasteiger partial charge is 0.279 e. The van der Waals surface area contributed by atoms with E-state index in [0.717, 1.165) is 16.0 Å². The fraction of sp³-hybridized carbons (Fsp3) is 0.200. The summed E-state index contributed by atoms with van der Waals surface area (Å²) in [6.07, 6.45) is 3.22. The molecular formula is C20H25BrN8O2. The first-order valence-electron chi connectivity index (χ1n) is 9.17. The summed E-state index contributed by atoms with van der Waals surface area (Å²) in [7, 11) is 3.69. The van der Waals surface area contributed by atoms with Gasteiger partial charge in [-0.25, -0.2) is 0 Å². The Kier molecular flexibility index (Phi) is 7.97. The molecule has 0 radical (unpaired) electrons. The molecule has 4 rings (SSSR count). The molecule has 0 unspecified atom stereocenters. The Morgan fingerprint density at radius 1 is 0.935 bits per heavy atom. The molecule has 4 aromatic rings. The molecule has 10 nitrogen and oxygen atoms in total. The highest BCUT2D eigenvalue weighted by Crippen LogP contribution is 2.08. The summed E-state index contributed by atoms with van der Waals surface area (Å²) in [5.41, 5.74) is 12.7. The molecule has 4 heterocycles. The van der Waals surface area contributed by atoms with E-state index < -0.39 is 0 Å². The second-order valence-electron chi connectivity index (χ2n) is 6.59. The Labute approximate surface area is 187 Å². The maximum atomic E-state index is 11.7. The number of hydrogen-bond donors (Lipinski definition) is 3. The molecule has 0 aliphatic heterocycles. The van der Waals surface area contributed by atoms with E-state index in [2.05, 4.69) is 31.1 Å². The lowest BCUT2D eigenvalue weighted by molar-refractivity contribution is 0.715. The summed E-state index contributed by atoms with van der Waals surface area (Å²) in [6, 6.07) is 10.4. The Morgan fingerprint density at radius 3 is 1.97 bits per heavy atom. The number of nitrogens with zero attached hydrogens (tertiary/aromatic N) is 5. The number of rotatable bonds is 1. The molecule has 31 heavy (non-hydrogen) atoms. The minimum absolute atomic E-state index is 0.222. The number of anilines is 2. The monoisotopic (exact) mass is 488 g/mol. The number of aromatic nitrogens is 6. The van der Waals surface area contributed by atoms with Crippen molar-refractivity contribution in [2.75, 3.05) is 11.5 Å². The zero-order valence-corrected chi connectivity index (χ0v) is 19.3. The molecule has 0 amide bonds. The minimum atomic E-state index is -0.229. The Balaban J connectivity index is 0.000000181. The lowest BCUT2D eigenvalue weighted by atomic mass is 10.4. The first kappa shape index (κ1) is 23.7. The van der Waals surface area contributed by atoms with Gasteiger partial charge in [0, 0.05) is 32.6 Å². The van der Waals surface area contributed by atoms with Gasteiger partial charge in [-0.15, -0.1) is 0 Å². The molecule has 4 aromatic heterocycles. The summed E-state index contributed by atoms with van der Waals surface area (Å²) >= 11 is 3.32. The number of halogens is 1. The van der Waals surface area contributed by atoms with E-state index in [1.165, 1.54) is 4.57 Å². The molecule has 0 bridgehead atoms. The van der Waals surface area contributed by atoms with Crippen LogP contribution in [0, 0.1) is 13.8 Å². The van der Waals surface area contributed by atoms with Crippen LogP contribution in [0.2, 0.25) is 0 Å².